The summed E-state index contributed by atoms with van der Waals surface area (Å²) in [4.78, 5) is 13.8. The molecule has 3 rings (SSSR count). The summed E-state index contributed by atoms with van der Waals surface area (Å²) >= 11 is 0. The van der Waals surface area contributed by atoms with E-state index in [-0.39, 0.29) is 11.4 Å². The van der Waals surface area contributed by atoms with E-state index in [0.717, 1.165) is 5.56 Å². The monoisotopic (exact) mass is 318 g/mol. The van der Waals surface area contributed by atoms with Crippen molar-refractivity contribution in [1.82, 2.24) is 9.71 Å². The maximum absolute atomic E-state index is 12.2. The lowest BCUT2D eigenvalue weighted by Gasteiger charge is -2.07. The normalized spacial score (nSPS) is 11.9. The van der Waals surface area contributed by atoms with Crippen LogP contribution in [-0.2, 0) is 16.6 Å². The van der Waals surface area contributed by atoms with E-state index in [1.165, 1.54) is 0 Å². The lowest BCUT2D eigenvalue weighted by molar-refractivity contribution is 0.554. The predicted octanol–water partition coefficient (Wildman–Crippen LogP) is 1.91. The van der Waals surface area contributed by atoms with Gasteiger partial charge in [0.25, 0.3) is 0 Å². The van der Waals surface area contributed by atoms with Crippen LogP contribution in [0.5, 0.6) is 0 Å². The molecule has 7 heteroatoms. The highest BCUT2D eigenvalue weighted by atomic mass is 32.2. The number of sulfonamides is 1. The van der Waals surface area contributed by atoms with Crippen molar-refractivity contribution in [3.63, 3.8) is 0 Å². The lowest BCUT2D eigenvalue weighted by atomic mass is 10.2. The van der Waals surface area contributed by atoms with Gasteiger partial charge in [0.1, 0.15) is 0 Å². The van der Waals surface area contributed by atoms with Gasteiger partial charge in [0.15, 0.2) is 5.58 Å². The van der Waals surface area contributed by atoms with Gasteiger partial charge in [-0.25, -0.2) is 17.9 Å². The Labute approximate surface area is 126 Å². The minimum absolute atomic E-state index is 0.112. The Morgan fingerprint density at radius 2 is 1.86 bits per heavy atom. The van der Waals surface area contributed by atoms with Gasteiger partial charge in [-0.1, -0.05) is 23.8 Å². The molecule has 0 fully saturated rings. The Bertz CT molecular complexity index is 969. The first-order chi connectivity index (χ1) is 10.4. The molecule has 0 aliphatic carbocycles. The Morgan fingerprint density at radius 1 is 1.14 bits per heavy atom. The van der Waals surface area contributed by atoms with Crippen LogP contribution in [0.1, 0.15) is 11.1 Å². The molecule has 0 aliphatic rings. The zero-order chi connectivity index (χ0) is 15.7. The van der Waals surface area contributed by atoms with Gasteiger partial charge in [-0.2, -0.15) is 0 Å². The van der Waals surface area contributed by atoms with E-state index >= 15 is 0 Å². The zero-order valence-electron chi connectivity index (χ0n) is 11.8. The first-order valence-corrected chi connectivity index (χ1v) is 8.10. The van der Waals surface area contributed by atoms with Gasteiger partial charge in [0.05, 0.1) is 10.4 Å². The van der Waals surface area contributed by atoms with Crippen LogP contribution in [0, 0.1) is 6.92 Å². The van der Waals surface area contributed by atoms with Gasteiger partial charge in [-0.15, -0.1) is 0 Å². The molecule has 6 nitrogen and oxygen atoms in total. The van der Waals surface area contributed by atoms with Crippen molar-refractivity contribution < 1.29 is 12.8 Å². The van der Waals surface area contributed by atoms with Crippen LogP contribution in [-0.4, -0.2) is 13.4 Å². The highest BCUT2D eigenvalue weighted by Gasteiger charge is 2.13. The fourth-order valence-electron chi connectivity index (χ4n) is 2.08. The Kier molecular flexibility index (Phi) is 3.59. The van der Waals surface area contributed by atoms with E-state index in [2.05, 4.69) is 9.71 Å². The smallest absolute Gasteiger partial charge is 0.408 e. The summed E-state index contributed by atoms with van der Waals surface area (Å²) < 4.78 is 31.9. The van der Waals surface area contributed by atoms with Crippen LogP contribution in [0.3, 0.4) is 0 Å². The summed E-state index contributed by atoms with van der Waals surface area (Å²) in [6.07, 6.45) is 0. The molecule has 114 valence electrons. The minimum atomic E-state index is -3.57. The largest absolute Gasteiger partial charge is 0.417 e. The highest BCUT2D eigenvalue weighted by Crippen LogP contribution is 2.14. The number of oxazole rings is 1. The highest BCUT2D eigenvalue weighted by molar-refractivity contribution is 7.89. The van der Waals surface area contributed by atoms with Crippen LogP contribution in [0.4, 0.5) is 0 Å². The fraction of sp³-hybridized carbons (Fsp3) is 0.133. The van der Waals surface area contributed by atoms with Crippen LogP contribution < -0.4 is 10.5 Å². The molecule has 0 unspecified atom stereocenters. The van der Waals surface area contributed by atoms with Crippen molar-refractivity contribution in [3.8, 4) is 0 Å². The predicted molar refractivity (Wildman–Crippen MR) is 82.0 cm³/mol. The van der Waals surface area contributed by atoms with Crippen molar-refractivity contribution in [2.75, 3.05) is 0 Å². The van der Waals surface area contributed by atoms with Gasteiger partial charge in [-0.3, -0.25) is 4.98 Å². The van der Waals surface area contributed by atoms with Crippen molar-refractivity contribution >= 4 is 21.1 Å². The van der Waals surface area contributed by atoms with Crippen molar-refractivity contribution in [2.24, 2.45) is 0 Å². The quantitative estimate of drug-likeness (QED) is 0.768. The number of H-pyrrole nitrogens is 1. The van der Waals surface area contributed by atoms with E-state index in [4.69, 9.17) is 4.42 Å². The number of nitrogens with one attached hydrogen (secondary N) is 2. The number of aromatic nitrogens is 1. The molecule has 0 aliphatic heterocycles. The maximum Gasteiger partial charge on any atom is 0.417 e. The summed E-state index contributed by atoms with van der Waals surface area (Å²) in [6.45, 7) is 2.00. The number of rotatable bonds is 4. The Morgan fingerprint density at radius 3 is 2.59 bits per heavy atom. The van der Waals surface area contributed by atoms with Gasteiger partial charge >= 0.3 is 5.76 Å². The van der Waals surface area contributed by atoms with Gasteiger partial charge < -0.3 is 4.42 Å². The van der Waals surface area contributed by atoms with Gasteiger partial charge in [0, 0.05) is 6.54 Å². The summed E-state index contributed by atoms with van der Waals surface area (Å²) in [5, 5.41) is 0. The molecule has 0 bridgehead atoms. The Hall–Kier alpha value is -2.38. The molecule has 1 aromatic heterocycles. The summed E-state index contributed by atoms with van der Waals surface area (Å²) in [7, 11) is -3.57. The molecule has 3 aromatic rings. The molecular weight excluding hydrogens is 304 g/mol. The fourth-order valence-corrected chi connectivity index (χ4v) is 3.10. The molecule has 1 heterocycles. The van der Waals surface area contributed by atoms with Crippen LogP contribution >= 0.6 is 0 Å². The second-order valence-electron chi connectivity index (χ2n) is 4.98. The number of fused-ring (bicyclic) bond motifs is 1. The van der Waals surface area contributed by atoms with Crippen LogP contribution in [0.15, 0.2) is 56.6 Å². The average molecular weight is 318 g/mol. The first-order valence-electron chi connectivity index (χ1n) is 6.62. The molecule has 0 spiro atoms. The average Bonchev–Trinajstić information content (AvgIpc) is 2.85. The van der Waals surface area contributed by atoms with Gasteiger partial charge in [-0.05, 0) is 36.8 Å². The Balaban J connectivity index is 1.80. The first kappa shape index (κ1) is 14.6. The second-order valence-corrected chi connectivity index (χ2v) is 6.75. The van der Waals surface area contributed by atoms with Crippen LogP contribution in [0.25, 0.3) is 11.1 Å². The number of benzene rings is 2. The van der Waals surface area contributed by atoms with E-state index in [9.17, 15) is 13.2 Å². The molecule has 2 aromatic carbocycles. The van der Waals surface area contributed by atoms with Crippen molar-refractivity contribution in [1.29, 1.82) is 0 Å². The number of hydrogen-bond acceptors (Lipinski definition) is 4. The third kappa shape index (κ3) is 2.95. The number of aromatic amines is 1. The lowest BCUT2D eigenvalue weighted by Crippen LogP contribution is -2.23. The van der Waals surface area contributed by atoms with E-state index in [0.29, 0.717) is 16.7 Å². The van der Waals surface area contributed by atoms with E-state index in [1.54, 1.807) is 42.5 Å². The SMILES string of the molecule is Cc1ccc(S(=O)(=O)NCc2ccc3[nH]c(=O)oc3c2)cc1. The maximum atomic E-state index is 12.2. The number of hydrogen-bond donors (Lipinski definition) is 2. The molecule has 0 atom stereocenters. The van der Waals surface area contributed by atoms with E-state index in [1.807, 2.05) is 6.92 Å². The third-order valence-electron chi connectivity index (χ3n) is 3.28. The summed E-state index contributed by atoms with van der Waals surface area (Å²) in [6, 6.07) is 11.6. The third-order valence-corrected chi connectivity index (χ3v) is 4.70. The molecule has 0 saturated carbocycles. The molecule has 2 N–H and O–H groups in total. The molecule has 22 heavy (non-hydrogen) atoms. The van der Waals surface area contributed by atoms with Crippen molar-refractivity contribution in [3.05, 3.63) is 64.1 Å². The minimum Gasteiger partial charge on any atom is -0.408 e. The number of aryl methyl sites for hydroxylation is 1. The van der Waals surface area contributed by atoms with Crippen molar-refractivity contribution in [2.45, 2.75) is 18.4 Å². The second kappa shape index (κ2) is 5.43. The van der Waals surface area contributed by atoms with Gasteiger partial charge in [0.2, 0.25) is 10.0 Å². The molecule has 0 radical (unpaired) electrons. The topological polar surface area (TPSA) is 92.2 Å². The molecular formula is C15H14N2O4S. The summed E-state index contributed by atoms with van der Waals surface area (Å²) in [5.74, 6) is -0.535. The zero-order valence-corrected chi connectivity index (χ0v) is 12.6. The molecule has 0 saturated heterocycles. The standard InChI is InChI=1S/C15H14N2O4S/c1-10-2-5-12(6-3-10)22(19,20)16-9-11-4-7-13-14(8-11)21-15(18)17-13/h2-8,16H,9H2,1H3,(H,17,18). The van der Waals surface area contributed by atoms with E-state index < -0.39 is 15.8 Å². The molecule has 0 amide bonds. The summed E-state index contributed by atoms with van der Waals surface area (Å²) in [5.41, 5.74) is 2.67. The van der Waals surface area contributed by atoms with Crippen LogP contribution in [0.2, 0.25) is 0 Å².